The lowest BCUT2D eigenvalue weighted by Crippen LogP contribution is -2.39. The molecule has 0 saturated heterocycles. The van der Waals surface area contributed by atoms with Gasteiger partial charge < -0.3 is 4.74 Å². The van der Waals surface area contributed by atoms with E-state index in [0.717, 1.165) is 18.3 Å². The van der Waals surface area contributed by atoms with Crippen molar-refractivity contribution < 1.29 is 9.53 Å². The van der Waals surface area contributed by atoms with Crippen molar-refractivity contribution >= 4 is 6.29 Å². The van der Waals surface area contributed by atoms with Crippen LogP contribution in [0.2, 0.25) is 0 Å². The molecule has 0 spiro atoms. The molecule has 1 fully saturated rings. The van der Waals surface area contributed by atoms with Crippen molar-refractivity contribution in [3.05, 3.63) is 35.5 Å². The largest absolute Gasteiger partial charge is 0.359 e. The van der Waals surface area contributed by atoms with Crippen molar-refractivity contribution in [2.75, 3.05) is 0 Å². The van der Waals surface area contributed by atoms with Crippen LogP contribution in [0.4, 0.5) is 0 Å². The minimum absolute atomic E-state index is 0.0497. The van der Waals surface area contributed by atoms with Gasteiger partial charge in [-0.3, -0.25) is 4.79 Å². The maximum atomic E-state index is 10.3. The predicted molar refractivity (Wildman–Crippen MR) is 78.0 cm³/mol. The van der Waals surface area contributed by atoms with Gasteiger partial charge in [0, 0.05) is 0 Å². The van der Waals surface area contributed by atoms with E-state index in [1.807, 2.05) is 6.08 Å². The number of rotatable bonds is 3. The molecule has 0 unspecified atom stereocenters. The summed E-state index contributed by atoms with van der Waals surface area (Å²) in [5, 5.41) is 0. The minimum Gasteiger partial charge on any atom is -0.359 e. The summed E-state index contributed by atoms with van der Waals surface area (Å²) in [7, 11) is 0. The lowest BCUT2D eigenvalue weighted by molar-refractivity contribution is -0.104. The molecule has 2 aliphatic rings. The zero-order chi connectivity index (χ0) is 14.1. The number of allylic oxidation sites excluding steroid dienone is 3. The number of carbonyl (C=O) groups excluding carboxylic acids is 1. The van der Waals surface area contributed by atoms with Gasteiger partial charge in [0.25, 0.3) is 0 Å². The molecule has 1 saturated carbocycles. The third-order valence-corrected chi connectivity index (χ3v) is 4.46. The quantitative estimate of drug-likeness (QED) is 0.332. The molecular formula is C17H24O2. The molecule has 1 aliphatic carbocycles. The number of fused-ring (bicyclic) bond motifs is 1. The fourth-order valence-electron chi connectivity index (χ4n) is 3.41. The second kappa shape index (κ2) is 5.09. The maximum Gasteiger partial charge on any atom is 0.142 e. The van der Waals surface area contributed by atoms with E-state index in [2.05, 4.69) is 33.8 Å². The van der Waals surface area contributed by atoms with Crippen molar-refractivity contribution in [1.29, 1.82) is 0 Å². The van der Waals surface area contributed by atoms with Crippen molar-refractivity contribution in [2.24, 2.45) is 5.41 Å². The Balaban J connectivity index is 2.24. The molecule has 2 heteroatoms. The van der Waals surface area contributed by atoms with Gasteiger partial charge in [0.05, 0.1) is 11.7 Å². The van der Waals surface area contributed by atoms with Gasteiger partial charge in [0.15, 0.2) is 0 Å². The van der Waals surface area contributed by atoms with Crippen LogP contribution >= 0.6 is 0 Å². The Kier molecular flexibility index (Phi) is 3.82. The Morgan fingerprint density at radius 3 is 2.68 bits per heavy atom. The molecule has 0 radical (unpaired) electrons. The van der Waals surface area contributed by atoms with Gasteiger partial charge >= 0.3 is 0 Å². The SMILES string of the molecule is C/C(=C\C=C\C=O)[C@H]1C=C2C(C)(C)CCC[C@@]2(C)O1. The van der Waals surface area contributed by atoms with E-state index < -0.39 is 0 Å². The summed E-state index contributed by atoms with van der Waals surface area (Å²) in [6.07, 6.45) is 11.9. The Hall–Kier alpha value is -1.15. The van der Waals surface area contributed by atoms with Crippen LogP contribution in [0.5, 0.6) is 0 Å². The zero-order valence-corrected chi connectivity index (χ0v) is 12.4. The summed E-state index contributed by atoms with van der Waals surface area (Å²) < 4.78 is 6.30. The average molecular weight is 260 g/mol. The van der Waals surface area contributed by atoms with Crippen LogP contribution in [0.3, 0.4) is 0 Å². The van der Waals surface area contributed by atoms with Crippen LogP contribution in [-0.2, 0) is 9.53 Å². The van der Waals surface area contributed by atoms with E-state index >= 15 is 0 Å². The molecule has 2 rings (SSSR count). The Bertz CT molecular complexity index is 454. The molecule has 104 valence electrons. The molecule has 0 aromatic carbocycles. The standard InChI is InChI=1S/C17H24O2/c1-13(8-5-6-11-18)14-12-15-16(2,3)9-7-10-17(15,4)19-14/h5-6,8,11-12,14H,7,9-10H2,1-4H3/b6-5+,13-8+/t14-,17-/m1/s1. The Morgan fingerprint density at radius 1 is 1.32 bits per heavy atom. The minimum atomic E-state index is -0.101. The normalized spacial score (nSPS) is 34.2. The Morgan fingerprint density at radius 2 is 2.05 bits per heavy atom. The van der Waals surface area contributed by atoms with E-state index in [-0.39, 0.29) is 17.1 Å². The van der Waals surface area contributed by atoms with E-state index in [4.69, 9.17) is 4.74 Å². The van der Waals surface area contributed by atoms with E-state index in [0.29, 0.717) is 0 Å². The summed E-state index contributed by atoms with van der Waals surface area (Å²) in [5.41, 5.74) is 2.73. The number of ether oxygens (including phenoxy) is 1. The highest BCUT2D eigenvalue weighted by atomic mass is 16.5. The van der Waals surface area contributed by atoms with Crippen molar-refractivity contribution in [2.45, 2.75) is 58.7 Å². The van der Waals surface area contributed by atoms with E-state index in [1.54, 1.807) is 6.08 Å². The first-order chi connectivity index (χ1) is 8.89. The van der Waals surface area contributed by atoms with Gasteiger partial charge in [-0.05, 0) is 61.8 Å². The zero-order valence-electron chi connectivity index (χ0n) is 12.4. The highest BCUT2D eigenvalue weighted by Crippen LogP contribution is 2.51. The second-order valence-electron chi connectivity index (χ2n) is 6.52. The van der Waals surface area contributed by atoms with Crippen LogP contribution in [0.15, 0.2) is 35.5 Å². The van der Waals surface area contributed by atoms with Gasteiger partial charge in [-0.2, -0.15) is 0 Å². The monoisotopic (exact) mass is 260 g/mol. The summed E-state index contributed by atoms with van der Waals surface area (Å²) in [6, 6.07) is 0. The van der Waals surface area contributed by atoms with Gasteiger partial charge in [-0.15, -0.1) is 0 Å². The fourth-order valence-corrected chi connectivity index (χ4v) is 3.41. The van der Waals surface area contributed by atoms with Crippen LogP contribution in [0.1, 0.15) is 47.0 Å². The maximum absolute atomic E-state index is 10.3. The first-order valence-electron chi connectivity index (χ1n) is 7.08. The third-order valence-electron chi connectivity index (χ3n) is 4.46. The van der Waals surface area contributed by atoms with Crippen molar-refractivity contribution in [3.8, 4) is 0 Å². The lowest BCUT2D eigenvalue weighted by atomic mass is 9.67. The molecule has 1 aliphatic heterocycles. The molecule has 2 atom stereocenters. The molecule has 0 N–H and O–H groups in total. The summed E-state index contributed by atoms with van der Waals surface area (Å²) in [4.78, 5) is 10.3. The van der Waals surface area contributed by atoms with E-state index in [9.17, 15) is 4.79 Å². The summed E-state index contributed by atoms with van der Waals surface area (Å²) in [6.45, 7) is 8.90. The number of aldehydes is 1. The molecule has 1 heterocycles. The molecule has 2 nitrogen and oxygen atoms in total. The van der Waals surface area contributed by atoms with Gasteiger partial charge in [0.2, 0.25) is 0 Å². The first kappa shape index (κ1) is 14.3. The summed E-state index contributed by atoms with van der Waals surface area (Å²) >= 11 is 0. The van der Waals surface area contributed by atoms with Crippen LogP contribution in [0.25, 0.3) is 0 Å². The van der Waals surface area contributed by atoms with Gasteiger partial charge in [0.1, 0.15) is 6.29 Å². The Labute approximate surface area is 116 Å². The molecule has 0 aromatic heterocycles. The number of hydrogen-bond donors (Lipinski definition) is 0. The highest BCUT2D eigenvalue weighted by Gasteiger charge is 2.47. The van der Waals surface area contributed by atoms with E-state index in [1.165, 1.54) is 24.5 Å². The highest BCUT2D eigenvalue weighted by molar-refractivity contribution is 5.65. The molecule has 0 aromatic rings. The van der Waals surface area contributed by atoms with Crippen LogP contribution in [-0.4, -0.2) is 18.0 Å². The average Bonchev–Trinajstić information content (AvgIpc) is 2.68. The molecule has 19 heavy (non-hydrogen) atoms. The van der Waals surface area contributed by atoms with Crippen molar-refractivity contribution in [3.63, 3.8) is 0 Å². The van der Waals surface area contributed by atoms with Gasteiger partial charge in [-0.25, -0.2) is 0 Å². The van der Waals surface area contributed by atoms with Crippen LogP contribution < -0.4 is 0 Å². The number of hydrogen-bond acceptors (Lipinski definition) is 2. The third kappa shape index (κ3) is 2.74. The lowest BCUT2D eigenvalue weighted by Gasteiger charge is -2.42. The second-order valence-corrected chi connectivity index (χ2v) is 6.52. The topological polar surface area (TPSA) is 26.3 Å². The summed E-state index contributed by atoms with van der Waals surface area (Å²) in [5.74, 6) is 0. The fraction of sp³-hybridized carbons (Fsp3) is 0.588. The van der Waals surface area contributed by atoms with Gasteiger partial charge in [-0.1, -0.05) is 26.0 Å². The molecule has 0 bridgehead atoms. The van der Waals surface area contributed by atoms with Crippen molar-refractivity contribution in [1.82, 2.24) is 0 Å². The first-order valence-corrected chi connectivity index (χ1v) is 7.08. The molecular weight excluding hydrogens is 236 g/mol. The molecule has 0 amide bonds. The smallest absolute Gasteiger partial charge is 0.142 e. The van der Waals surface area contributed by atoms with Crippen LogP contribution in [0, 0.1) is 5.41 Å². The number of carbonyl (C=O) groups is 1. The predicted octanol–water partition coefficient (Wildman–Crippen LogP) is 3.98.